The van der Waals surface area contributed by atoms with Crippen LogP contribution in [0.1, 0.15) is 29.6 Å². The fraction of sp³-hybridized carbons (Fsp3) is 0.500. The SMILES string of the molecule is O=C(c1cnn2ccccc12)C1CCOC2(CCSC2)C1. The summed E-state index contributed by atoms with van der Waals surface area (Å²) in [7, 11) is 0. The molecule has 21 heavy (non-hydrogen) atoms. The number of aromatic nitrogens is 2. The first-order valence-corrected chi connectivity index (χ1v) is 8.61. The zero-order chi connectivity index (χ0) is 14.3. The van der Waals surface area contributed by atoms with Crippen LogP contribution >= 0.6 is 11.8 Å². The number of pyridine rings is 1. The minimum atomic E-state index is -0.0494. The molecular weight excluding hydrogens is 284 g/mol. The van der Waals surface area contributed by atoms with Gasteiger partial charge in [-0.05, 0) is 37.1 Å². The number of carbonyl (C=O) groups excluding carboxylic acids is 1. The second-order valence-corrected chi connectivity index (χ2v) is 7.08. The van der Waals surface area contributed by atoms with E-state index in [-0.39, 0.29) is 17.3 Å². The van der Waals surface area contributed by atoms with Crippen LogP contribution in [-0.4, -0.2) is 39.1 Å². The molecule has 4 heterocycles. The number of hydrogen-bond acceptors (Lipinski definition) is 4. The first-order valence-electron chi connectivity index (χ1n) is 7.46. The average molecular weight is 302 g/mol. The molecule has 5 heteroatoms. The van der Waals surface area contributed by atoms with Gasteiger partial charge in [-0.1, -0.05) is 6.07 Å². The highest BCUT2D eigenvalue weighted by Gasteiger charge is 2.42. The molecule has 2 aromatic rings. The molecule has 2 unspecified atom stereocenters. The number of thioether (sulfide) groups is 1. The number of rotatable bonds is 2. The lowest BCUT2D eigenvalue weighted by Crippen LogP contribution is -2.42. The van der Waals surface area contributed by atoms with Gasteiger partial charge in [0, 0.05) is 24.5 Å². The molecule has 110 valence electrons. The van der Waals surface area contributed by atoms with Gasteiger partial charge in [0.2, 0.25) is 0 Å². The number of hydrogen-bond donors (Lipinski definition) is 0. The van der Waals surface area contributed by atoms with Crippen LogP contribution in [-0.2, 0) is 4.74 Å². The molecule has 2 aromatic heterocycles. The average Bonchev–Trinajstić information content (AvgIpc) is 3.14. The molecule has 0 N–H and O–H groups in total. The van der Waals surface area contributed by atoms with Crippen LogP contribution in [0.4, 0.5) is 0 Å². The van der Waals surface area contributed by atoms with Gasteiger partial charge in [0.25, 0.3) is 0 Å². The second-order valence-electron chi connectivity index (χ2n) is 5.98. The third-order valence-corrected chi connectivity index (χ3v) is 5.85. The Morgan fingerprint density at radius 2 is 2.43 bits per heavy atom. The van der Waals surface area contributed by atoms with E-state index in [2.05, 4.69) is 5.10 Å². The molecule has 2 aliphatic heterocycles. The van der Waals surface area contributed by atoms with Crippen LogP contribution in [0.15, 0.2) is 30.6 Å². The Kier molecular flexibility index (Phi) is 3.27. The summed E-state index contributed by atoms with van der Waals surface area (Å²) >= 11 is 1.94. The Morgan fingerprint density at radius 3 is 3.29 bits per heavy atom. The van der Waals surface area contributed by atoms with Crippen molar-refractivity contribution in [1.82, 2.24) is 9.61 Å². The Labute approximate surface area is 127 Å². The highest BCUT2D eigenvalue weighted by Crippen LogP contribution is 2.41. The third kappa shape index (κ3) is 2.28. The monoisotopic (exact) mass is 302 g/mol. The lowest BCUT2D eigenvalue weighted by molar-refractivity contribution is -0.0734. The van der Waals surface area contributed by atoms with Gasteiger partial charge in [0.1, 0.15) is 0 Å². The summed E-state index contributed by atoms with van der Waals surface area (Å²) in [4.78, 5) is 12.9. The molecule has 4 rings (SSSR count). The number of fused-ring (bicyclic) bond motifs is 1. The van der Waals surface area contributed by atoms with E-state index in [0.717, 1.165) is 41.8 Å². The van der Waals surface area contributed by atoms with Crippen LogP contribution in [0.2, 0.25) is 0 Å². The summed E-state index contributed by atoms with van der Waals surface area (Å²) < 4.78 is 7.79. The van der Waals surface area contributed by atoms with Crippen LogP contribution in [0.3, 0.4) is 0 Å². The Hall–Kier alpha value is -1.33. The van der Waals surface area contributed by atoms with E-state index in [1.807, 2.05) is 36.2 Å². The van der Waals surface area contributed by atoms with Crippen LogP contribution in [0, 0.1) is 5.92 Å². The molecule has 0 radical (unpaired) electrons. The molecule has 4 nitrogen and oxygen atoms in total. The van der Waals surface area contributed by atoms with Crippen molar-refractivity contribution in [1.29, 1.82) is 0 Å². The number of ketones is 1. The highest BCUT2D eigenvalue weighted by molar-refractivity contribution is 7.99. The Morgan fingerprint density at radius 1 is 1.48 bits per heavy atom. The fourth-order valence-electron chi connectivity index (χ4n) is 3.46. The molecule has 1 spiro atoms. The number of carbonyl (C=O) groups is 1. The molecule has 0 saturated carbocycles. The largest absolute Gasteiger partial charge is 0.374 e. The van der Waals surface area contributed by atoms with Gasteiger partial charge in [-0.3, -0.25) is 4.79 Å². The van der Waals surface area contributed by atoms with Gasteiger partial charge in [-0.25, -0.2) is 4.52 Å². The van der Waals surface area contributed by atoms with Crippen molar-refractivity contribution in [2.75, 3.05) is 18.1 Å². The summed E-state index contributed by atoms with van der Waals surface area (Å²) in [5, 5.41) is 4.28. The number of nitrogens with zero attached hydrogens (tertiary/aromatic N) is 2. The lowest BCUT2D eigenvalue weighted by Gasteiger charge is -2.37. The van der Waals surface area contributed by atoms with Gasteiger partial charge in [-0.2, -0.15) is 16.9 Å². The summed E-state index contributed by atoms with van der Waals surface area (Å²) in [6.07, 6.45) is 6.36. The summed E-state index contributed by atoms with van der Waals surface area (Å²) in [5.41, 5.74) is 1.61. The summed E-state index contributed by atoms with van der Waals surface area (Å²) in [6.45, 7) is 0.705. The van der Waals surface area contributed by atoms with Crippen LogP contribution in [0.5, 0.6) is 0 Å². The minimum Gasteiger partial charge on any atom is -0.374 e. The van der Waals surface area contributed by atoms with E-state index < -0.39 is 0 Å². The van der Waals surface area contributed by atoms with Crippen molar-refractivity contribution in [2.24, 2.45) is 5.92 Å². The second kappa shape index (κ2) is 5.14. The Balaban J connectivity index is 1.62. The van der Waals surface area contributed by atoms with E-state index in [9.17, 15) is 4.79 Å². The first kappa shape index (κ1) is 13.3. The molecule has 2 aliphatic rings. The Bertz CT molecular complexity index is 676. The van der Waals surface area contributed by atoms with E-state index >= 15 is 0 Å². The maximum absolute atomic E-state index is 12.9. The molecule has 2 atom stereocenters. The van der Waals surface area contributed by atoms with Crippen molar-refractivity contribution < 1.29 is 9.53 Å². The normalized spacial score (nSPS) is 29.2. The van der Waals surface area contributed by atoms with E-state index in [1.54, 1.807) is 10.7 Å². The predicted molar refractivity (Wildman–Crippen MR) is 82.9 cm³/mol. The molecule has 0 aliphatic carbocycles. The predicted octanol–water partition coefficient (Wildman–Crippen LogP) is 2.82. The van der Waals surface area contributed by atoms with Crippen molar-refractivity contribution >= 4 is 23.1 Å². The van der Waals surface area contributed by atoms with Crippen LogP contribution in [0.25, 0.3) is 5.52 Å². The molecule has 2 saturated heterocycles. The molecule has 2 fully saturated rings. The van der Waals surface area contributed by atoms with Gasteiger partial charge < -0.3 is 4.74 Å². The van der Waals surface area contributed by atoms with Gasteiger partial charge >= 0.3 is 0 Å². The third-order valence-electron chi connectivity index (χ3n) is 4.62. The molecule has 0 bridgehead atoms. The van der Waals surface area contributed by atoms with Gasteiger partial charge in [0.15, 0.2) is 5.78 Å². The number of ether oxygens (including phenoxy) is 1. The maximum atomic E-state index is 12.9. The van der Waals surface area contributed by atoms with Crippen LogP contribution < -0.4 is 0 Å². The summed E-state index contributed by atoms with van der Waals surface area (Å²) in [6, 6.07) is 5.83. The van der Waals surface area contributed by atoms with Crippen molar-refractivity contribution in [3.05, 3.63) is 36.2 Å². The molecular formula is C16H18N2O2S. The minimum absolute atomic E-state index is 0.0494. The molecule has 0 amide bonds. The molecule has 0 aromatic carbocycles. The first-order chi connectivity index (χ1) is 10.3. The van der Waals surface area contributed by atoms with E-state index in [1.165, 1.54) is 0 Å². The standard InChI is InChI=1S/C16H18N2O2S/c19-15(13-10-17-18-6-2-1-3-14(13)18)12-4-7-20-16(9-12)5-8-21-11-16/h1-3,6,10,12H,4-5,7-9,11H2. The fourth-order valence-corrected chi connectivity index (χ4v) is 4.84. The van der Waals surface area contributed by atoms with Gasteiger partial charge in [-0.15, -0.1) is 0 Å². The lowest BCUT2D eigenvalue weighted by atomic mass is 9.81. The maximum Gasteiger partial charge on any atom is 0.169 e. The smallest absolute Gasteiger partial charge is 0.169 e. The quantitative estimate of drug-likeness (QED) is 0.800. The zero-order valence-corrected chi connectivity index (χ0v) is 12.6. The van der Waals surface area contributed by atoms with Crippen molar-refractivity contribution in [2.45, 2.75) is 24.9 Å². The van der Waals surface area contributed by atoms with E-state index in [0.29, 0.717) is 6.61 Å². The van der Waals surface area contributed by atoms with Crippen molar-refractivity contribution in [3.63, 3.8) is 0 Å². The summed E-state index contributed by atoms with van der Waals surface area (Å²) in [5.74, 6) is 2.49. The highest BCUT2D eigenvalue weighted by atomic mass is 32.2. The number of Topliss-reactive ketones (excluding diaryl/α,β-unsaturated/α-hetero) is 1. The van der Waals surface area contributed by atoms with Gasteiger partial charge in [0.05, 0.1) is 22.9 Å². The zero-order valence-electron chi connectivity index (χ0n) is 11.8. The van der Waals surface area contributed by atoms with E-state index in [4.69, 9.17) is 4.74 Å². The van der Waals surface area contributed by atoms with Crippen molar-refractivity contribution in [3.8, 4) is 0 Å². The topological polar surface area (TPSA) is 43.6 Å².